The number of hydrogen-bond donors (Lipinski definition) is 1. The zero-order valence-corrected chi connectivity index (χ0v) is 14.4. The molecule has 0 aliphatic heterocycles. The number of rotatable bonds is 5. The summed E-state index contributed by atoms with van der Waals surface area (Å²) in [5, 5.41) is 3.37. The molecule has 0 heterocycles. The van der Waals surface area contributed by atoms with Crippen LogP contribution in [0.4, 0.5) is 5.69 Å². The van der Waals surface area contributed by atoms with Crippen molar-refractivity contribution in [2.75, 3.05) is 12.4 Å². The van der Waals surface area contributed by atoms with Crippen molar-refractivity contribution in [3.63, 3.8) is 0 Å². The number of carbonyl (C=O) groups is 1. The standard InChI is InChI=1S/C16H15BrClNO3/c1-10(22-14-8-7-11(18)9-12(14)17)16(20)19-13-5-3-4-6-15(13)21-2/h3-10H,1-2H3,(H,19,20). The molecule has 0 aromatic heterocycles. The minimum absolute atomic E-state index is 0.272. The summed E-state index contributed by atoms with van der Waals surface area (Å²) >= 11 is 9.23. The minimum atomic E-state index is -0.678. The van der Waals surface area contributed by atoms with Gasteiger partial charge in [-0.15, -0.1) is 0 Å². The molecule has 2 rings (SSSR count). The van der Waals surface area contributed by atoms with Gasteiger partial charge in [0.25, 0.3) is 5.91 Å². The second kappa shape index (κ2) is 7.51. The highest BCUT2D eigenvalue weighted by atomic mass is 79.9. The van der Waals surface area contributed by atoms with Crippen molar-refractivity contribution in [2.24, 2.45) is 0 Å². The van der Waals surface area contributed by atoms with E-state index in [1.165, 1.54) is 0 Å². The Morgan fingerprint density at radius 3 is 2.64 bits per heavy atom. The van der Waals surface area contributed by atoms with Crippen molar-refractivity contribution in [1.82, 2.24) is 0 Å². The molecule has 6 heteroatoms. The molecular weight excluding hydrogens is 370 g/mol. The Hall–Kier alpha value is -1.72. The van der Waals surface area contributed by atoms with E-state index in [1.807, 2.05) is 12.1 Å². The number of amides is 1. The lowest BCUT2D eigenvalue weighted by Crippen LogP contribution is -2.30. The maximum absolute atomic E-state index is 12.2. The molecule has 0 aliphatic rings. The van der Waals surface area contributed by atoms with Crippen molar-refractivity contribution in [3.05, 3.63) is 52.0 Å². The van der Waals surface area contributed by atoms with E-state index in [1.54, 1.807) is 44.4 Å². The van der Waals surface area contributed by atoms with E-state index >= 15 is 0 Å². The van der Waals surface area contributed by atoms with Crippen LogP contribution in [0.3, 0.4) is 0 Å². The number of anilines is 1. The van der Waals surface area contributed by atoms with Gasteiger partial charge in [-0.1, -0.05) is 23.7 Å². The molecule has 1 N–H and O–H groups in total. The molecule has 0 bridgehead atoms. The quantitative estimate of drug-likeness (QED) is 0.824. The highest BCUT2D eigenvalue weighted by molar-refractivity contribution is 9.10. The highest BCUT2D eigenvalue weighted by Crippen LogP contribution is 2.29. The molecular formula is C16H15BrClNO3. The van der Waals surface area contributed by atoms with Crippen LogP contribution in [0.15, 0.2) is 46.9 Å². The summed E-state index contributed by atoms with van der Waals surface area (Å²) in [5.74, 6) is 0.870. The molecule has 4 nitrogen and oxygen atoms in total. The summed E-state index contributed by atoms with van der Waals surface area (Å²) in [4.78, 5) is 12.2. The van der Waals surface area contributed by atoms with Crippen LogP contribution in [0.2, 0.25) is 5.02 Å². The summed E-state index contributed by atoms with van der Waals surface area (Å²) < 4.78 is 11.5. The fourth-order valence-electron chi connectivity index (χ4n) is 1.80. The molecule has 1 amide bonds. The second-order valence-electron chi connectivity index (χ2n) is 4.52. The fraction of sp³-hybridized carbons (Fsp3) is 0.188. The predicted molar refractivity (Wildman–Crippen MR) is 90.9 cm³/mol. The molecule has 0 spiro atoms. The molecule has 116 valence electrons. The maximum Gasteiger partial charge on any atom is 0.265 e. The first-order valence-electron chi connectivity index (χ1n) is 6.57. The van der Waals surface area contributed by atoms with Crippen molar-refractivity contribution >= 4 is 39.1 Å². The van der Waals surface area contributed by atoms with E-state index < -0.39 is 6.10 Å². The van der Waals surface area contributed by atoms with Crippen LogP contribution in [0, 0.1) is 0 Å². The lowest BCUT2D eigenvalue weighted by Gasteiger charge is -2.17. The molecule has 0 saturated carbocycles. The number of nitrogens with one attached hydrogen (secondary N) is 1. The Bertz CT molecular complexity index is 678. The Kier molecular flexibility index (Phi) is 5.69. The third kappa shape index (κ3) is 4.15. The summed E-state index contributed by atoms with van der Waals surface area (Å²) in [6.07, 6.45) is -0.678. The van der Waals surface area contributed by atoms with Crippen LogP contribution < -0.4 is 14.8 Å². The first-order valence-corrected chi connectivity index (χ1v) is 7.74. The topological polar surface area (TPSA) is 47.6 Å². The van der Waals surface area contributed by atoms with Gasteiger partial charge in [0.15, 0.2) is 6.10 Å². The summed E-state index contributed by atoms with van der Waals surface area (Å²) in [5.41, 5.74) is 0.598. The van der Waals surface area contributed by atoms with Crippen LogP contribution in [-0.2, 0) is 4.79 Å². The molecule has 0 fully saturated rings. The smallest absolute Gasteiger partial charge is 0.265 e. The average molecular weight is 385 g/mol. The SMILES string of the molecule is COc1ccccc1NC(=O)C(C)Oc1ccc(Cl)cc1Br. The van der Waals surface area contributed by atoms with Crippen LogP contribution >= 0.6 is 27.5 Å². The van der Waals surface area contributed by atoms with Gasteiger partial charge in [0.05, 0.1) is 17.3 Å². The van der Waals surface area contributed by atoms with E-state index in [9.17, 15) is 4.79 Å². The van der Waals surface area contributed by atoms with Crippen LogP contribution in [0.25, 0.3) is 0 Å². The largest absolute Gasteiger partial charge is 0.495 e. The van der Waals surface area contributed by atoms with Gasteiger partial charge in [-0.25, -0.2) is 0 Å². The van der Waals surface area contributed by atoms with Gasteiger partial charge >= 0.3 is 0 Å². The van der Waals surface area contributed by atoms with Crippen molar-refractivity contribution in [1.29, 1.82) is 0 Å². The molecule has 0 aliphatic carbocycles. The first kappa shape index (κ1) is 16.6. The van der Waals surface area contributed by atoms with Crippen LogP contribution in [-0.4, -0.2) is 19.1 Å². The third-order valence-corrected chi connectivity index (χ3v) is 3.79. The Morgan fingerprint density at radius 1 is 1.23 bits per heavy atom. The van der Waals surface area contributed by atoms with Crippen molar-refractivity contribution < 1.29 is 14.3 Å². The minimum Gasteiger partial charge on any atom is -0.495 e. The van der Waals surface area contributed by atoms with Gasteiger partial charge in [-0.3, -0.25) is 4.79 Å². The summed E-state index contributed by atoms with van der Waals surface area (Å²) in [7, 11) is 1.55. The molecule has 2 aromatic rings. The maximum atomic E-state index is 12.2. The second-order valence-corrected chi connectivity index (χ2v) is 5.82. The number of para-hydroxylation sites is 2. The molecule has 0 radical (unpaired) electrons. The zero-order chi connectivity index (χ0) is 16.1. The van der Waals surface area contributed by atoms with Gasteiger partial charge in [0.2, 0.25) is 0 Å². The number of benzene rings is 2. The first-order chi connectivity index (χ1) is 10.5. The highest BCUT2D eigenvalue weighted by Gasteiger charge is 2.17. The summed E-state index contributed by atoms with van der Waals surface area (Å²) in [6.45, 7) is 1.67. The summed E-state index contributed by atoms with van der Waals surface area (Å²) in [6, 6.07) is 12.3. The molecule has 1 atom stereocenters. The van der Waals surface area contributed by atoms with E-state index in [2.05, 4.69) is 21.2 Å². The number of carbonyl (C=O) groups excluding carboxylic acids is 1. The average Bonchev–Trinajstić information content (AvgIpc) is 2.50. The van der Waals surface area contributed by atoms with Gasteiger partial charge in [-0.05, 0) is 53.2 Å². The van der Waals surface area contributed by atoms with E-state index in [0.29, 0.717) is 26.7 Å². The Morgan fingerprint density at radius 2 is 1.95 bits per heavy atom. The fourth-order valence-corrected chi connectivity index (χ4v) is 2.57. The third-order valence-electron chi connectivity index (χ3n) is 2.93. The van der Waals surface area contributed by atoms with E-state index in [0.717, 1.165) is 0 Å². The van der Waals surface area contributed by atoms with Crippen molar-refractivity contribution in [2.45, 2.75) is 13.0 Å². The van der Waals surface area contributed by atoms with Crippen molar-refractivity contribution in [3.8, 4) is 11.5 Å². The molecule has 1 unspecified atom stereocenters. The van der Waals surface area contributed by atoms with E-state index in [4.69, 9.17) is 21.1 Å². The predicted octanol–water partition coefficient (Wildman–Crippen LogP) is 4.52. The zero-order valence-electron chi connectivity index (χ0n) is 12.1. The molecule has 0 saturated heterocycles. The van der Waals surface area contributed by atoms with Gasteiger partial charge in [-0.2, -0.15) is 0 Å². The Labute approximate surface area is 142 Å². The number of hydrogen-bond acceptors (Lipinski definition) is 3. The van der Waals surface area contributed by atoms with Crippen LogP contribution in [0.1, 0.15) is 6.92 Å². The van der Waals surface area contributed by atoms with Gasteiger partial charge < -0.3 is 14.8 Å². The van der Waals surface area contributed by atoms with Crippen LogP contribution in [0.5, 0.6) is 11.5 Å². The van der Waals surface area contributed by atoms with E-state index in [-0.39, 0.29) is 5.91 Å². The molecule has 2 aromatic carbocycles. The lowest BCUT2D eigenvalue weighted by atomic mass is 10.2. The monoisotopic (exact) mass is 383 g/mol. The van der Waals surface area contributed by atoms with Gasteiger partial charge in [0, 0.05) is 5.02 Å². The number of methoxy groups -OCH3 is 1. The number of halogens is 2. The van der Waals surface area contributed by atoms with Gasteiger partial charge in [0.1, 0.15) is 11.5 Å². The Balaban J connectivity index is 2.06. The lowest BCUT2D eigenvalue weighted by molar-refractivity contribution is -0.122. The number of ether oxygens (including phenoxy) is 2. The normalized spacial score (nSPS) is 11.6. The molecule has 22 heavy (non-hydrogen) atoms.